The Kier molecular flexibility index (Phi) is 5.14. The van der Waals surface area contributed by atoms with Crippen LogP contribution in [0.1, 0.15) is 18.9 Å². The largest absolute Gasteiger partial charge is 0.477 e. The van der Waals surface area contributed by atoms with Gasteiger partial charge in [-0.1, -0.05) is 30.3 Å². The van der Waals surface area contributed by atoms with Gasteiger partial charge in [0, 0.05) is 51.6 Å². The summed E-state index contributed by atoms with van der Waals surface area (Å²) in [4.78, 5) is 25.0. The predicted octanol–water partition coefficient (Wildman–Crippen LogP) is 1.90. The summed E-state index contributed by atoms with van der Waals surface area (Å²) in [5, 5.41) is 0. The molecule has 2 aromatic rings. The fraction of sp³-hybridized carbons (Fsp3) is 0.381. The number of aromatic nitrogens is 1. The van der Waals surface area contributed by atoms with Crippen LogP contribution in [0.15, 0.2) is 41.4 Å². The molecular weight excluding hydrogens is 354 g/mol. The second-order valence-electron chi connectivity index (χ2n) is 7.04. The van der Waals surface area contributed by atoms with Gasteiger partial charge in [0.05, 0.1) is 12.2 Å². The van der Waals surface area contributed by atoms with Crippen LogP contribution in [0.4, 0.5) is 5.82 Å². The van der Waals surface area contributed by atoms with Crippen molar-refractivity contribution in [2.24, 2.45) is 10.7 Å². The molecule has 0 spiro atoms. The van der Waals surface area contributed by atoms with Crippen LogP contribution < -0.4 is 15.4 Å². The Labute approximate surface area is 164 Å². The van der Waals surface area contributed by atoms with Gasteiger partial charge in [0.15, 0.2) is 0 Å². The first-order valence-corrected chi connectivity index (χ1v) is 9.67. The van der Waals surface area contributed by atoms with Crippen molar-refractivity contribution < 1.29 is 9.53 Å². The minimum Gasteiger partial charge on any atom is -0.477 e. The van der Waals surface area contributed by atoms with Crippen LogP contribution >= 0.6 is 0 Å². The first kappa shape index (κ1) is 18.3. The number of benzene rings is 1. The highest BCUT2D eigenvalue weighted by Gasteiger charge is 2.24. The van der Waals surface area contributed by atoms with Crippen molar-refractivity contribution in [1.82, 2.24) is 9.88 Å². The number of piperazine rings is 1. The predicted molar refractivity (Wildman–Crippen MR) is 110 cm³/mol. The third-order valence-electron chi connectivity index (χ3n) is 5.19. The van der Waals surface area contributed by atoms with Crippen LogP contribution in [0.2, 0.25) is 0 Å². The zero-order valence-corrected chi connectivity index (χ0v) is 16.1. The van der Waals surface area contributed by atoms with Crippen molar-refractivity contribution in [3.8, 4) is 17.0 Å². The van der Waals surface area contributed by atoms with Crippen LogP contribution in [0.3, 0.4) is 0 Å². The summed E-state index contributed by atoms with van der Waals surface area (Å²) in [7, 11) is 0. The summed E-state index contributed by atoms with van der Waals surface area (Å²) in [6.45, 7) is 5.69. The molecule has 0 atom stereocenters. The van der Waals surface area contributed by atoms with E-state index in [9.17, 15) is 4.79 Å². The number of hydrogen-bond acceptors (Lipinski definition) is 6. The van der Waals surface area contributed by atoms with E-state index in [1.807, 2.05) is 23.1 Å². The van der Waals surface area contributed by atoms with E-state index in [1.165, 1.54) is 0 Å². The maximum absolute atomic E-state index is 11.6. The van der Waals surface area contributed by atoms with Crippen molar-refractivity contribution in [3.63, 3.8) is 0 Å². The van der Waals surface area contributed by atoms with E-state index in [4.69, 9.17) is 15.5 Å². The fourth-order valence-corrected chi connectivity index (χ4v) is 3.63. The molecule has 7 nitrogen and oxygen atoms in total. The van der Waals surface area contributed by atoms with Crippen LogP contribution in [0.25, 0.3) is 11.1 Å². The standard InChI is InChI=1S/C21H25N5O2/c1-15(27)25-9-11-26(12-10-25)18-14-17(16-6-3-2-4-7-16)19-20(22)23-8-5-13-28-21(19)24-18/h2-4,6-7,14H,5,8-13H2,1H3,(H2,22,23). The van der Waals surface area contributed by atoms with Crippen molar-refractivity contribution in [1.29, 1.82) is 0 Å². The summed E-state index contributed by atoms with van der Waals surface area (Å²) in [6.07, 6.45) is 0.810. The molecule has 3 heterocycles. The Morgan fingerprint density at radius 1 is 1.14 bits per heavy atom. The molecule has 1 saturated heterocycles. The second-order valence-corrected chi connectivity index (χ2v) is 7.04. The summed E-state index contributed by atoms with van der Waals surface area (Å²) in [5.74, 6) is 1.96. The lowest BCUT2D eigenvalue weighted by molar-refractivity contribution is -0.129. The highest BCUT2D eigenvalue weighted by molar-refractivity contribution is 6.06. The molecule has 0 unspecified atom stereocenters. The van der Waals surface area contributed by atoms with Gasteiger partial charge in [-0.3, -0.25) is 9.79 Å². The molecule has 0 bridgehead atoms. The molecule has 2 aliphatic heterocycles. The normalized spacial score (nSPS) is 17.1. The van der Waals surface area contributed by atoms with Crippen molar-refractivity contribution in [3.05, 3.63) is 42.0 Å². The Bertz CT molecular complexity index is 889. The quantitative estimate of drug-likeness (QED) is 0.862. The summed E-state index contributed by atoms with van der Waals surface area (Å²) in [5.41, 5.74) is 9.09. The monoisotopic (exact) mass is 379 g/mol. The third kappa shape index (κ3) is 3.65. The number of anilines is 1. The average Bonchev–Trinajstić information content (AvgIpc) is 2.72. The minimum atomic E-state index is 0.114. The number of aliphatic imine (C=N–C) groups is 1. The van der Waals surface area contributed by atoms with Gasteiger partial charge in [0.1, 0.15) is 11.7 Å². The van der Waals surface area contributed by atoms with Crippen LogP contribution in [-0.2, 0) is 4.79 Å². The second kappa shape index (κ2) is 7.88. The number of amidine groups is 1. The van der Waals surface area contributed by atoms with Crippen molar-refractivity contribution >= 4 is 17.6 Å². The lowest BCUT2D eigenvalue weighted by Crippen LogP contribution is -2.48. The maximum Gasteiger partial charge on any atom is 0.227 e. The number of rotatable bonds is 2. The number of hydrogen-bond donors (Lipinski definition) is 1. The number of nitrogens with two attached hydrogens (primary N) is 1. The first-order valence-electron chi connectivity index (χ1n) is 9.67. The topological polar surface area (TPSA) is 84.0 Å². The lowest BCUT2D eigenvalue weighted by Gasteiger charge is -2.35. The smallest absolute Gasteiger partial charge is 0.227 e. The van der Waals surface area contributed by atoms with E-state index in [-0.39, 0.29) is 5.91 Å². The van der Waals surface area contributed by atoms with E-state index in [2.05, 4.69) is 28.1 Å². The number of carbonyl (C=O) groups is 1. The van der Waals surface area contributed by atoms with Crippen LogP contribution in [-0.4, -0.2) is 61.0 Å². The maximum atomic E-state index is 11.6. The zero-order chi connectivity index (χ0) is 19.5. The Hall–Kier alpha value is -3.09. The SMILES string of the molecule is CC(=O)N1CCN(c2cc(-c3ccccc3)c3c(n2)OCCCN=C3N)CC1. The molecule has 1 amide bonds. The van der Waals surface area contributed by atoms with E-state index in [0.717, 1.165) is 42.0 Å². The molecule has 7 heteroatoms. The number of amides is 1. The molecule has 4 rings (SSSR count). The Morgan fingerprint density at radius 2 is 1.89 bits per heavy atom. The van der Waals surface area contributed by atoms with Crippen molar-refractivity contribution in [2.75, 3.05) is 44.2 Å². The lowest BCUT2D eigenvalue weighted by atomic mass is 9.99. The first-order chi connectivity index (χ1) is 13.6. The highest BCUT2D eigenvalue weighted by atomic mass is 16.5. The molecule has 0 radical (unpaired) electrons. The number of fused-ring (bicyclic) bond motifs is 1. The van der Waals surface area contributed by atoms with Gasteiger partial charge in [0.2, 0.25) is 11.8 Å². The summed E-state index contributed by atoms with van der Waals surface area (Å²) >= 11 is 0. The van der Waals surface area contributed by atoms with E-state index in [0.29, 0.717) is 38.0 Å². The van der Waals surface area contributed by atoms with Gasteiger partial charge >= 0.3 is 0 Å². The van der Waals surface area contributed by atoms with Gasteiger partial charge in [0.25, 0.3) is 0 Å². The van der Waals surface area contributed by atoms with Crippen LogP contribution in [0.5, 0.6) is 5.88 Å². The summed E-state index contributed by atoms with van der Waals surface area (Å²) < 4.78 is 5.99. The average molecular weight is 379 g/mol. The fourth-order valence-electron chi connectivity index (χ4n) is 3.63. The van der Waals surface area contributed by atoms with E-state index in [1.54, 1.807) is 6.92 Å². The van der Waals surface area contributed by atoms with Crippen molar-refractivity contribution in [2.45, 2.75) is 13.3 Å². The van der Waals surface area contributed by atoms with E-state index < -0.39 is 0 Å². The van der Waals surface area contributed by atoms with E-state index >= 15 is 0 Å². The third-order valence-corrected chi connectivity index (χ3v) is 5.19. The summed E-state index contributed by atoms with van der Waals surface area (Å²) in [6, 6.07) is 12.2. The molecule has 0 aliphatic carbocycles. The minimum absolute atomic E-state index is 0.114. The molecule has 1 aromatic carbocycles. The Morgan fingerprint density at radius 3 is 2.61 bits per heavy atom. The molecule has 146 valence electrons. The molecule has 2 aliphatic rings. The molecule has 28 heavy (non-hydrogen) atoms. The zero-order valence-electron chi connectivity index (χ0n) is 16.1. The van der Waals surface area contributed by atoms with Gasteiger partial charge in [-0.25, -0.2) is 0 Å². The highest BCUT2D eigenvalue weighted by Crippen LogP contribution is 2.34. The molecule has 1 fully saturated rings. The van der Waals surface area contributed by atoms with Gasteiger partial charge < -0.3 is 20.3 Å². The number of carbonyl (C=O) groups excluding carboxylic acids is 1. The molecular formula is C21H25N5O2. The number of pyridine rings is 1. The van der Waals surface area contributed by atoms with Gasteiger partial charge in [-0.2, -0.15) is 4.98 Å². The van der Waals surface area contributed by atoms with Crippen LogP contribution in [0, 0.1) is 0 Å². The van der Waals surface area contributed by atoms with Gasteiger partial charge in [-0.05, 0) is 11.6 Å². The Balaban J connectivity index is 1.77. The molecule has 1 aromatic heterocycles. The number of ether oxygens (including phenoxy) is 1. The number of nitrogens with zero attached hydrogens (tertiary/aromatic N) is 4. The van der Waals surface area contributed by atoms with Gasteiger partial charge in [-0.15, -0.1) is 0 Å². The molecule has 2 N–H and O–H groups in total. The molecule has 0 saturated carbocycles.